The third kappa shape index (κ3) is 3.00. The molecule has 0 bridgehead atoms. The van der Waals surface area contributed by atoms with Crippen molar-refractivity contribution in [3.63, 3.8) is 0 Å². The van der Waals surface area contributed by atoms with E-state index < -0.39 is 8.32 Å². The first-order valence-electron chi connectivity index (χ1n) is 3.87. The summed E-state index contributed by atoms with van der Waals surface area (Å²) in [5.74, 6) is -0.301. The molecular formula is C8H11BrO3Si. The van der Waals surface area contributed by atoms with E-state index in [1.54, 1.807) is 6.07 Å². The molecule has 0 atom stereocenters. The molecule has 13 heavy (non-hydrogen) atoms. The molecule has 0 aliphatic carbocycles. The minimum absolute atomic E-state index is 0.301. The van der Waals surface area contributed by atoms with E-state index in [0.29, 0.717) is 5.56 Å². The highest BCUT2D eigenvalue weighted by atomic mass is 79.9. The molecule has 0 saturated carbocycles. The van der Waals surface area contributed by atoms with Gasteiger partial charge in [-0.2, -0.15) is 0 Å². The van der Waals surface area contributed by atoms with Crippen molar-refractivity contribution in [1.29, 1.82) is 0 Å². The maximum atomic E-state index is 11.4. The van der Waals surface area contributed by atoms with Gasteiger partial charge in [0, 0.05) is 4.95 Å². The van der Waals surface area contributed by atoms with Crippen LogP contribution in [-0.4, -0.2) is 19.2 Å². The Kier molecular flexibility index (Phi) is 3.32. The molecule has 0 unspecified atom stereocenters. The summed E-state index contributed by atoms with van der Waals surface area (Å²) in [6.07, 6.45) is 2.85. The molecule has 0 radical (unpaired) electrons. The molecule has 5 heteroatoms. The Balaban J connectivity index is 2.61. The lowest BCUT2D eigenvalue weighted by molar-refractivity contribution is 0.0723. The molecule has 1 rings (SSSR count). The molecule has 0 aliphatic heterocycles. The standard InChI is InChI=1S/C8H11BrO3Si/c1-13(2,6-9)12-8(10)7-3-4-11-5-7/h3-5H,6H2,1-2H3. The molecule has 0 aliphatic rings. The molecule has 72 valence electrons. The third-order valence-electron chi connectivity index (χ3n) is 1.45. The molecular weight excluding hydrogens is 252 g/mol. The second-order valence-corrected chi connectivity index (χ2v) is 8.97. The van der Waals surface area contributed by atoms with E-state index in [1.807, 2.05) is 13.1 Å². The van der Waals surface area contributed by atoms with Crippen molar-refractivity contribution in [1.82, 2.24) is 0 Å². The van der Waals surface area contributed by atoms with Gasteiger partial charge >= 0.3 is 5.97 Å². The van der Waals surface area contributed by atoms with Crippen LogP contribution in [0, 0.1) is 0 Å². The molecule has 1 aromatic heterocycles. The van der Waals surface area contributed by atoms with Gasteiger partial charge in [0.15, 0.2) is 0 Å². The molecule has 0 fully saturated rings. The van der Waals surface area contributed by atoms with Crippen LogP contribution in [0.25, 0.3) is 0 Å². The second-order valence-electron chi connectivity index (χ2n) is 3.29. The Morgan fingerprint density at radius 3 is 2.85 bits per heavy atom. The largest absolute Gasteiger partial charge is 0.515 e. The fourth-order valence-corrected chi connectivity index (χ4v) is 1.74. The van der Waals surface area contributed by atoms with Gasteiger partial charge in [0.2, 0.25) is 0 Å². The van der Waals surface area contributed by atoms with E-state index in [2.05, 4.69) is 15.9 Å². The van der Waals surface area contributed by atoms with Gasteiger partial charge in [0.05, 0.1) is 11.8 Å². The van der Waals surface area contributed by atoms with Crippen LogP contribution in [0.1, 0.15) is 10.4 Å². The van der Waals surface area contributed by atoms with Crippen LogP contribution in [-0.2, 0) is 4.43 Å². The van der Waals surface area contributed by atoms with Gasteiger partial charge in [0.25, 0.3) is 8.32 Å². The van der Waals surface area contributed by atoms with E-state index in [-0.39, 0.29) is 5.97 Å². The zero-order valence-corrected chi connectivity index (χ0v) is 10.1. The number of alkyl halides is 1. The topological polar surface area (TPSA) is 39.4 Å². The molecule has 1 aromatic rings. The van der Waals surface area contributed by atoms with Crippen molar-refractivity contribution < 1.29 is 13.6 Å². The summed E-state index contributed by atoms with van der Waals surface area (Å²) in [5.41, 5.74) is 0.474. The Morgan fingerprint density at radius 2 is 2.38 bits per heavy atom. The molecule has 0 saturated heterocycles. The first kappa shape index (κ1) is 10.5. The van der Waals surface area contributed by atoms with Crippen molar-refractivity contribution >= 4 is 30.2 Å². The zero-order valence-electron chi connectivity index (χ0n) is 7.54. The van der Waals surface area contributed by atoms with Gasteiger partial charge in [-0.25, -0.2) is 4.79 Å². The van der Waals surface area contributed by atoms with Crippen molar-refractivity contribution in [3.05, 3.63) is 24.2 Å². The van der Waals surface area contributed by atoms with E-state index in [9.17, 15) is 4.79 Å². The molecule has 0 amide bonds. The Morgan fingerprint density at radius 1 is 1.69 bits per heavy atom. The van der Waals surface area contributed by atoms with Crippen molar-refractivity contribution in [3.8, 4) is 0 Å². The quantitative estimate of drug-likeness (QED) is 0.621. The highest BCUT2D eigenvalue weighted by molar-refractivity contribution is 9.09. The van der Waals surface area contributed by atoms with E-state index in [0.717, 1.165) is 4.95 Å². The molecule has 3 nitrogen and oxygen atoms in total. The van der Waals surface area contributed by atoms with Crippen LogP contribution in [0.3, 0.4) is 0 Å². The van der Waals surface area contributed by atoms with E-state index >= 15 is 0 Å². The molecule has 0 N–H and O–H groups in total. The Hall–Kier alpha value is -0.553. The van der Waals surface area contributed by atoms with Gasteiger partial charge in [0.1, 0.15) is 6.26 Å². The molecule has 1 heterocycles. The van der Waals surface area contributed by atoms with Crippen LogP contribution in [0.5, 0.6) is 0 Å². The normalized spacial score (nSPS) is 11.3. The van der Waals surface area contributed by atoms with Crippen LogP contribution in [0.15, 0.2) is 23.0 Å². The van der Waals surface area contributed by atoms with E-state index in [4.69, 9.17) is 8.84 Å². The SMILES string of the molecule is C[Si](C)(CBr)OC(=O)c1ccoc1. The smallest absolute Gasteiger partial charge is 0.328 e. The maximum absolute atomic E-state index is 11.4. The van der Waals surface area contributed by atoms with Crippen molar-refractivity contribution in [2.24, 2.45) is 0 Å². The average Bonchev–Trinajstić information content (AvgIpc) is 2.55. The van der Waals surface area contributed by atoms with Gasteiger partial charge in [-0.15, -0.1) is 0 Å². The lowest BCUT2D eigenvalue weighted by atomic mass is 10.4. The summed E-state index contributed by atoms with van der Waals surface area (Å²) in [6.45, 7) is 3.94. The minimum Gasteiger partial charge on any atom is -0.515 e. The van der Waals surface area contributed by atoms with Crippen LogP contribution in [0.2, 0.25) is 13.1 Å². The third-order valence-corrected chi connectivity index (χ3v) is 6.88. The predicted molar refractivity (Wildman–Crippen MR) is 55.4 cm³/mol. The highest BCUT2D eigenvalue weighted by Gasteiger charge is 2.26. The lowest BCUT2D eigenvalue weighted by Gasteiger charge is -2.19. The van der Waals surface area contributed by atoms with Gasteiger partial charge < -0.3 is 8.84 Å². The van der Waals surface area contributed by atoms with Crippen molar-refractivity contribution in [2.45, 2.75) is 13.1 Å². The second kappa shape index (κ2) is 4.10. The monoisotopic (exact) mass is 262 g/mol. The molecule has 0 aromatic carbocycles. The van der Waals surface area contributed by atoms with Gasteiger partial charge in [-0.3, -0.25) is 0 Å². The fourth-order valence-electron chi connectivity index (χ4n) is 0.718. The predicted octanol–water partition coefficient (Wildman–Crippen LogP) is 2.58. The number of halogens is 1. The summed E-state index contributed by atoms with van der Waals surface area (Å²) >= 11 is 3.32. The summed E-state index contributed by atoms with van der Waals surface area (Å²) in [5, 5.41) is 0. The number of hydrogen-bond acceptors (Lipinski definition) is 3. The Labute approximate surface area is 86.3 Å². The number of carbonyl (C=O) groups is 1. The van der Waals surface area contributed by atoms with Crippen molar-refractivity contribution in [2.75, 3.05) is 4.95 Å². The van der Waals surface area contributed by atoms with E-state index in [1.165, 1.54) is 12.5 Å². The summed E-state index contributed by atoms with van der Waals surface area (Å²) in [6, 6.07) is 1.60. The fraction of sp³-hybridized carbons (Fsp3) is 0.375. The summed E-state index contributed by atoms with van der Waals surface area (Å²) in [7, 11) is -1.87. The van der Waals surface area contributed by atoms with Crippen LogP contribution in [0.4, 0.5) is 0 Å². The van der Waals surface area contributed by atoms with Crippen LogP contribution >= 0.6 is 15.9 Å². The summed E-state index contributed by atoms with van der Waals surface area (Å²) in [4.78, 5) is 12.2. The number of rotatable bonds is 3. The van der Waals surface area contributed by atoms with Crippen LogP contribution < -0.4 is 0 Å². The highest BCUT2D eigenvalue weighted by Crippen LogP contribution is 2.12. The lowest BCUT2D eigenvalue weighted by Crippen LogP contribution is -2.35. The number of hydrogen-bond donors (Lipinski definition) is 0. The number of carbonyl (C=O) groups excluding carboxylic acids is 1. The first-order valence-corrected chi connectivity index (χ1v) is 8.10. The van der Waals surface area contributed by atoms with Gasteiger partial charge in [-0.1, -0.05) is 15.9 Å². The zero-order chi connectivity index (χ0) is 9.90. The first-order chi connectivity index (χ1) is 6.05. The average molecular weight is 263 g/mol. The maximum Gasteiger partial charge on any atom is 0.328 e. The minimum atomic E-state index is -1.87. The summed E-state index contributed by atoms with van der Waals surface area (Å²) < 4.78 is 10.1. The van der Waals surface area contributed by atoms with Gasteiger partial charge in [-0.05, 0) is 19.2 Å². The molecule has 0 spiro atoms. The number of furan rings is 1. The Bertz CT molecular complexity index is 282.